The highest BCUT2D eigenvalue weighted by Crippen LogP contribution is 2.34. The summed E-state index contributed by atoms with van der Waals surface area (Å²) in [4.78, 5) is 6.29. The summed E-state index contributed by atoms with van der Waals surface area (Å²) in [5.41, 5.74) is 9.44. The average molecular weight is 315 g/mol. The van der Waals surface area contributed by atoms with Crippen LogP contribution >= 0.6 is 15.9 Å². The van der Waals surface area contributed by atoms with Crippen molar-refractivity contribution in [3.8, 4) is 6.07 Å². The normalized spacial score (nSPS) is 13.2. The van der Waals surface area contributed by atoms with Crippen molar-refractivity contribution in [3.63, 3.8) is 0 Å². The third kappa shape index (κ3) is 1.94. The summed E-state index contributed by atoms with van der Waals surface area (Å²) < 4.78 is 1.04. The Hall–Kier alpha value is -2.06. The van der Waals surface area contributed by atoms with Crippen molar-refractivity contribution < 1.29 is 0 Å². The van der Waals surface area contributed by atoms with Gasteiger partial charge in [0.1, 0.15) is 11.9 Å². The van der Waals surface area contributed by atoms with Gasteiger partial charge in [0.15, 0.2) is 0 Å². The molecule has 2 aromatic rings. The largest absolute Gasteiger partial charge is 0.383 e. The molecular weight excluding hydrogens is 304 g/mol. The van der Waals surface area contributed by atoms with Crippen LogP contribution < -0.4 is 10.6 Å². The van der Waals surface area contributed by atoms with Crippen molar-refractivity contribution in [3.05, 3.63) is 51.6 Å². The third-order valence-electron chi connectivity index (χ3n) is 3.32. The molecule has 4 nitrogen and oxygen atoms in total. The second-order valence-electron chi connectivity index (χ2n) is 4.44. The molecule has 0 saturated carbocycles. The fourth-order valence-corrected chi connectivity index (χ4v) is 2.91. The van der Waals surface area contributed by atoms with Gasteiger partial charge in [-0.15, -0.1) is 0 Å². The molecule has 1 aliphatic rings. The van der Waals surface area contributed by atoms with Gasteiger partial charge in [0.2, 0.25) is 0 Å². The van der Waals surface area contributed by atoms with Crippen molar-refractivity contribution in [1.82, 2.24) is 4.98 Å². The fraction of sp³-hybridized carbons (Fsp3) is 0.143. The summed E-state index contributed by atoms with van der Waals surface area (Å²) in [5.74, 6) is 0.315. The van der Waals surface area contributed by atoms with E-state index in [1.807, 2.05) is 18.2 Å². The summed E-state index contributed by atoms with van der Waals surface area (Å²) in [5, 5.41) is 9.20. The summed E-state index contributed by atoms with van der Waals surface area (Å²) in [6, 6.07) is 10.2. The van der Waals surface area contributed by atoms with Crippen LogP contribution in [0.5, 0.6) is 0 Å². The van der Waals surface area contributed by atoms with Gasteiger partial charge in [-0.05, 0) is 39.2 Å². The maximum Gasteiger partial charge on any atom is 0.141 e. The van der Waals surface area contributed by atoms with E-state index in [1.54, 1.807) is 6.20 Å². The number of nitrogen functional groups attached to an aromatic ring is 1. The van der Waals surface area contributed by atoms with Crippen molar-refractivity contribution >= 4 is 27.4 Å². The van der Waals surface area contributed by atoms with Gasteiger partial charge in [-0.1, -0.05) is 12.1 Å². The number of nitriles is 1. The Morgan fingerprint density at radius 1 is 1.32 bits per heavy atom. The number of nitrogens with zero attached hydrogens (tertiary/aromatic N) is 3. The van der Waals surface area contributed by atoms with E-state index in [1.165, 1.54) is 0 Å². The van der Waals surface area contributed by atoms with Crippen LogP contribution in [-0.2, 0) is 13.1 Å². The topological polar surface area (TPSA) is 65.9 Å². The number of hydrogen-bond acceptors (Lipinski definition) is 4. The maximum atomic E-state index is 9.20. The summed E-state index contributed by atoms with van der Waals surface area (Å²) in [7, 11) is 0. The molecule has 1 aliphatic heterocycles. The predicted octanol–water partition coefficient (Wildman–Crippen LogP) is 2.82. The van der Waals surface area contributed by atoms with Crippen LogP contribution in [0.1, 0.15) is 16.7 Å². The van der Waals surface area contributed by atoms with Crippen LogP contribution in [0.2, 0.25) is 0 Å². The van der Waals surface area contributed by atoms with Crippen molar-refractivity contribution in [2.75, 3.05) is 10.6 Å². The van der Waals surface area contributed by atoms with E-state index >= 15 is 0 Å². The van der Waals surface area contributed by atoms with Crippen LogP contribution in [0, 0.1) is 11.3 Å². The lowest BCUT2D eigenvalue weighted by atomic mass is 10.1. The number of hydrogen-bond donors (Lipinski definition) is 1. The number of nitrogens with two attached hydrogens (primary N) is 1. The Labute approximate surface area is 119 Å². The van der Waals surface area contributed by atoms with E-state index in [4.69, 9.17) is 5.73 Å². The molecule has 0 saturated heterocycles. The van der Waals surface area contributed by atoms with Crippen molar-refractivity contribution in [2.45, 2.75) is 13.1 Å². The predicted molar refractivity (Wildman–Crippen MR) is 77.4 cm³/mol. The summed E-state index contributed by atoms with van der Waals surface area (Å²) in [6.07, 6.45) is 1.77. The Morgan fingerprint density at radius 3 is 2.84 bits per heavy atom. The molecule has 5 heteroatoms. The molecule has 0 atom stereocenters. The standard InChI is InChI=1S/C14H11BrN4/c15-12-3-1-2-4-13(12)19-7-9-6-18-14(17)10(5-16)11(9)8-19/h1-4,6H,7-8H2,(H2,17,18). The minimum Gasteiger partial charge on any atom is -0.383 e. The lowest BCUT2D eigenvalue weighted by Gasteiger charge is -2.19. The molecule has 0 amide bonds. The first kappa shape index (κ1) is 12.0. The fourth-order valence-electron chi connectivity index (χ4n) is 2.38. The molecule has 0 radical (unpaired) electrons. The SMILES string of the molecule is N#Cc1c(N)ncc2c1CN(c1ccccc1Br)C2. The van der Waals surface area contributed by atoms with Gasteiger partial charge >= 0.3 is 0 Å². The van der Waals surface area contributed by atoms with Gasteiger partial charge in [0, 0.05) is 23.8 Å². The first-order chi connectivity index (χ1) is 9.20. The maximum absolute atomic E-state index is 9.20. The van der Waals surface area contributed by atoms with Gasteiger partial charge in [-0.25, -0.2) is 4.98 Å². The van der Waals surface area contributed by atoms with Gasteiger partial charge < -0.3 is 10.6 Å². The van der Waals surface area contributed by atoms with Crippen molar-refractivity contribution in [2.24, 2.45) is 0 Å². The zero-order valence-corrected chi connectivity index (χ0v) is 11.7. The molecule has 0 bridgehead atoms. The lowest BCUT2D eigenvalue weighted by molar-refractivity contribution is 0.876. The molecule has 2 N–H and O–H groups in total. The van der Waals surface area contributed by atoms with E-state index < -0.39 is 0 Å². The lowest BCUT2D eigenvalue weighted by Crippen LogP contribution is -2.15. The molecular formula is C14H11BrN4. The van der Waals surface area contributed by atoms with E-state index in [-0.39, 0.29) is 0 Å². The molecule has 0 unspecified atom stereocenters. The zero-order chi connectivity index (χ0) is 13.4. The van der Waals surface area contributed by atoms with Gasteiger partial charge in [-0.2, -0.15) is 5.26 Å². The Bertz CT molecular complexity index is 690. The molecule has 1 aromatic heterocycles. The number of pyridine rings is 1. The number of para-hydroxylation sites is 1. The highest BCUT2D eigenvalue weighted by atomic mass is 79.9. The molecule has 0 aliphatic carbocycles. The molecule has 0 spiro atoms. The van der Waals surface area contributed by atoms with Crippen LogP contribution in [0.3, 0.4) is 0 Å². The quantitative estimate of drug-likeness (QED) is 0.879. The molecule has 1 aromatic carbocycles. The highest BCUT2D eigenvalue weighted by Gasteiger charge is 2.25. The number of benzene rings is 1. The van der Waals surface area contributed by atoms with Crippen LogP contribution in [-0.4, -0.2) is 4.98 Å². The number of rotatable bonds is 1. The summed E-state index contributed by atoms with van der Waals surface area (Å²) in [6.45, 7) is 1.44. The number of halogens is 1. The third-order valence-corrected chi connectivity index (χ3v) is 3.99. The van der Waals surface area contributed by atoms with Gasteiger partial charge in [-0.3, -0.25) is 0 Å². The van der Waals surface area contributed by atoms with Gasteiger partial charge in [0.25, 0.3) is 0 Å². The molecule has 19 heavy (non-hydrogen) atoms. The smallest absolute Gasteiger partial charge is 0.141 e. The molecule has 2 heterocycles. The summed E-state index contributed by atoms with van der Waals surface area (Å²) >= 11 is 3.55. The highest BCUT2D eigenvalue weighted by molar-refractivity contribution is 9.10. The minimum atomic E-state index is 0.315. The molecule has 0 fully saturated rings. The Balaban J connectivity index is 2.02. The second-order valence-corrected chi connectivity index (χ2v) is 5.30. The first-order valence-electron chi connectivity index (χ1n) is 5.86. The monoisotopic (exact) mass is 314 g/mol. The molecule has 3 rings (SSSR count). The second kappa shape index (κ2) is 4.56. The zero-order valence-electron chi connectivity index (χ0n) is 10.1. The van der Waals surface area contributed by atoms with Gasteiger partial charge in [0.05, 0.1) is 11.3 Å². The van der Waals surface area contributed by atoms with E-state index in [9.17, 15) is 5.26 Å². The van der Waals surface area contributed by atoms with E-state index in [2.05, 4.69) is 37.9 Å². The average Bonchev–Trinajstić information content (AvgIpc) is 2.83. The number of fused-ring (bicyclic) bond motifs is 1. The number of anilines is 2. The number of aromatic nitrogens is 1. The van der Waals surface area contributed by atoms with E-state index in [0.717, 1.165) is 27.8 Å². The van der Waals surface area contributed by atoms with Crippen LogP contribution in [0.15, 0.2) is 34.9 Å². The minimum absolute atomic E-state index is 0.315. The molecule has 94 valence electrons. The van der Waals surface area contributed by atoms with Crippen LogP contribution in [0.25, 0.3) is 0 Å². The Morgan fingerprint density at radius 2 is 2.11 bits per heavy atom. The Kier molecular flexibility index (Phi) is 2.88. The van der Waals surface area contributed by atoms with E-state index in [0.29, 0.717) is 17.9 Å². The van der Waals surface area contributed by atoms with Crippen LogP contribution in [0.4, 0.5) is 11.5 Å². The first-order valence-corrected chi connectivity index (χ1v) is 6.66. The van der Waals surface area contributed by atoms with Crippen molar-refractivity contribution in [1.29, 1.82) is 5.26 Å².